The van der Waals surface area contributed by atoms with Crippen molar-refractivity contribution in [1.82, 2.24) is 9.72 Å². The van der Waals surface area contributed by atoms with E-state index >= 15 is 0 Å². The summed E-state index contributed by atoms with van der Waals surface area (Å²) in [5.74, 6) is 6.40. The Morgan fingerprint density at radius 3 is 2.93 bits per heavy atom. The second-order valence-electron chi connectivity index (χ2n) is 7.47. The summed E-state index contributed by atoms with van der Waals surface area (Å²) in [6, 6.07) is 6.82. The highest BCUT2D eigenvalue weighted by Crippen LogP contribution is 2.35. The van der Waals surface area contributed by atoms with E-state index in [0.29, 0.717) is 5.92 Å². The van der Waals surface area contributed by atoms with E-state index < -0.39 is 17.9 Å². The predicted octanol–water partition coefficient (Wildman–Crippen LogP) is 3.76. The Morgan fingerprint density at radius 1 is 1.34 bits per heavy atom. The number of hydrogen-bond acceptors (Lipinski definition) is 4. The van der Waals surface area contributed by atoms with Gasteiger partial charge >= 0.3 is 0 Å². The normalized spacial score (nSPS) is 15.7. The highest BCUT2D eigenvalue weighted by Gasteiger charge is 2.27. The summed E-state index contributed by atoms with van der Waals surface area (Å²) >= 11 is 0. The van der Waals surface area contributed by atoms with Gasteiger partial charge in [-0.05, 0) is 36.6 Å². The van der Waals surface area contributed by atoms with Gasteiger partial charge in [-0.1, -0.05) is 18.8 Å². The first kappa shape index (κ1) is 19.3. The molecule has 0 saturated heterocycles. The molecule has 2 atom stereocenters. The molecule has 4 rings (SSSR count). The minimum absolute atomic E-state index is 0.150. The Bertz CT molecular complexity index is 1130. The van der Waals surface area contributed by atoms with Crippen LogP contribution in [0.1, 0.15) is 48.6 Å². The zero-order valence-corrected chi connectivity index (χ0v) is 16.2. The standard InChI is InChI=1S/C23H23FN2O3/c1-15(23-22(28)20(27)8-11-29-23)21(25-10-9-24)18-12-19-7-6-17(13-26(19)14-18)5-4-16-2-3-16/h6-8,11-16,21,25,28H,2-3,9-10H2,1H3/t15?,21-/m0/s1. The molecule has 0 amide bonds. The molecule has 1 aliphatic carbocycles. The van der Waals surface area contributed by atoms with Crippen molar-refractivity contribution in [2.75, 3.05) is 13.2 Å². The van der Waals surface area contributed by atoms with E-state index in [1.54, 1.807) is 0 Å². The molecule has 1 fully saturated rings. The van der Waals surface area contributed by atoms with Gasteiger partial charge in [0.15, 0.2) is 5.76 Å². The van der Waals surface area contributed by atoms with Crippen LogP contribution in [0.25, 0.3) is 5.52 Å². The maximum atomic E-state index is 12.9. The lowest BCUT2D eigenvalue weighted by Gasteiger charge is -2.23. The molecule has 3 aromatic heterocycles. The molecule has 1 unspecified atom stereocenters. The first-order chi connectivity index (χ1) is 14.1. The maximum absolute atomic E-state index is 12.9. The Balaban J connectivity index is 1.68. The molecule has 2 N–H and O–H groups in total. The number of alkyl halides is 1. The first-order valence-electron chi connectivity index (χ1n) is 9.80. The minimum Gasteiger partial charge on any atom is -0.502 e. The Morgan fingerprint density at radius 2 is 2.17 bits per heavy atom. The monoisotopic (exact) mass is 394 g/mol. The number of aromatic nitrogens is 1. The average Bonchev–Trinajstić information content (AvgIpc) is 3.46. The van der Waals surface area contributed by atoms with E-state index in [1.165, 1.54) is 25.2 Å². The van der Waals surface area contributed by atoms with Crippen LogP contribution in [0.5, 0.6) is 5.75 Å². The van der Waals surface area contributed by atoms with E-state index in [-0.39, 0.29) is 24.3 Å². The number of fused-ring (bicyclic) bond motifs is 1. The predicted molar refractivity (Wildman–Crippen MR) is 109 cm³/mol. The van der Waals surface area contributed by atoms with Gasteiger partial charge in [0, 0.05) is 54.0 Å². The highest BCUT2D eigenvalue weighted by molar-refractivity contribution is 5.54. The molecule has 3 heterocycles. The van der Waals surface area contributed by atoms with Gasteiger partial charge in [-0.3, -0.25) is 4.79 Å². The van der Waals surface area contributed by atoms with Gasteiger partial charge in [-0.15, -0.1) is 0 Å². The van der Waals surface area contributed by atoms with Crippen LogP contribution in [0.15, 0.2) is 52.1 Å². The zero-order chi connectivity index (χ0) is 20.4. The van der Waals surface area contributed by atoms with Gasteiger partial charge in [-0.2, -0.15) is 0 Å². The molecule has 29 heavy (non-hydrogen) atoms. The molecular weight excluding hydrogens is 371 g/mol. The van der Waals surface area contributed by atoms with Gasteiger partial charge in [0.1, 0.15) is 6.67 Å². The summed E-state index contributed by atoms with van der Waals surface area (Å²) in [4.78, 5) is 11.8. The van der Waals surface area contributed by atoms with E-state index in [1.807, 2.05) is 41.9 Å². The van der Waals surface area contributed by atoms with E-state index in [0.717, 1.165) is 16.6 Å². The van der Waals surface area contributed by atoms with Crippen LogP contribution < -0.4 is 10.7 Å². The molecule has 0 aromatic carbocycles. The van der Waals surface area contributed by atoms with Gasteiger partial charge in [0.25, 0.3) is 0 Å². The Kier molecular flexibility index (Phi) is 5.41. The van der Waals surface area contributed by atoms with Crippen molar-refractivity contribution in [2.45, 2.75) is 31.7 Å². The summed E-state index contributed by atoms with van der Waals surface area (Å²) < 4.78 is 20.3. The highest BCUT2D eigenvalue weighted by atomic mass is 19.1. The summed E-state index contributed by atoms with van der Waals surface area (Å²) in [7, 11) is 0. The number of pyridine rings is 1. The topological polar surface area (TPSA) is 66.9 Å². The van der Waals surface area contributed by atoms with E-state index in [4.69, 9.17) is 4.42 Å². The molecule has 0 spiro atoms. The lowest BCUT2D eigenvalue weighted by molar-refractivity contribution is 0.337. The minimum atomic E-state index is -0.526. The number of aromatic hydroxyl groups is 1. The lowest BCUT2D eigenvalue weighted by Crippen LogP contribution is -2.28. The summed E-state index contributed by atoms with van der Waals surface area (Å²) in [5.41, 5.74) is 2.34. The third-order valence-electron chi connectivity index (χ3n) is 5.22. The number of nitrogens with zero attached hydrogens (tertiary/aromatic N) is 1. The molecule has 1 aliphatic rings. The van der Waals surface area contributed by atoms with Gasteiger partial charge < -0.3 is 19.2 Å². The molecular formula is C23H23FN2O3. The van der Waals surface area contributed by atoms with Gasteiger partial charge in [0.05, 0.1) is 6.26 Å². The zero-order valence-electron chi connectivity index (χ0n) is 16.2. The Hall–Kier alpha value is -3.04. The summed E-state index contributed by atoms with van der Waals surface area (Å²) in [6.45, 7) is 1.46. The van der Waals surface area contributed by atoms with E-state index in [2.05, 4.69) is 17.2 Å². The number of rotatable bonds is 6. The number of hydrogen-bond donors (Lipinski definition) is 2. The molecule has 0 aliphatic heterocycles. The molecule has 0 bridgehead atoms. The second kappa shape index (κ2) is 8.14. The second-order valence-corrected chi connectivity index (χ2v) is 7.47. The Labute approximate surface area is 168 Å². The maximum Gasteiger partial charge on any atom is 0.226 e. The van der Waals surface area contributed by atoms with Crippen molar-refractivity contribution in [3.63, 3.8) is 0 Å². The SMILES string of the molecule is CC(c1occc(=O)c1O)[C@H](NCCF)c1cc2ccc(C#CC3CC3)cn2c1. The van der Waals surface area contributed by atoms with Crippen molar-refractivity contribution in [2.24, 2.45) is 5.92 Å². The van der Waals surface area contributed by atoms with Crippen molar-refractivity contribution in [3.05, 3.63) is 70.0 Å². The van der Waals surface area contributed by atoms with Crippen LogP contribution in [0.2, 0.25) is 0 Å². The fraction of sp³-hybridized carbons (Fsp3) is 0.348. The largest absolute Gasteiger partial charge is 0.502 e. The van der Waals surface area contributed by atoms with Crippen LogP contribution in [0.3, 0.4) is 0 Å². The third-order valence-corrected chi connectivity index (χ3v) is 5.22. The van der Waals surface area contributed by atoms with Crippen molar-refractivity contribution >= 4 is 5.52 Å². The van der Waals surface area contributed by atoms with Crippen LogP contribution >= 0.6 is 0 Å². The van der Waals surface area contributed by atoms with Crippen LogP contribution in [0, 0.1) is 17.8 Å². The fourth-order valence-electron chi connectivity index (χ4n) is 3.48. The lowest BCUT2D eigenvalue weighted by atomic mass is 9.93. The molecule has 6 heteroatoms. The smallest absolute Gasteiger partial charge is 0.226 e. The van der Waals surface area contributed by atoms with Gasteiger partial charge in [-0.25, -0.2) is 4.39 Å². The van der Waals surface area contributed by atoms with Crippen LogP contribution in [-0.4, -0.2) is 22.7 Å². The van der Waals surface area contributed by atoms with Crippen LogP contribution in [-0.2, 0) is 0 Å². The molecule has 150 valence electrons. The number of halogens is 1. The molecule has 3 aromatic rings. The fourth-order valence-corrected chi connectivity index (χ4v) is 3.48. The molecule has 1 saturated carbocycles. The molecule has 0 radical (unpaired) electrons. The van der Waals surface area contributed by atoms with Crippen molar-refractivity contribution in [1.29, 1.82) is 0 Å². The molecule has 5 nitrogen and oxygen atoms in total. The summed E-state index contributed by atoms with van der Waals surface area (Å²) in [5, 5.41) is 13.3. The average molecular weight is 394 g/mol. The van der Waals surface area contributed by atoms with Crippen molar-refractivity contribution in [3.8, 4) is 17.6 Å². The van der Waals surface area contributed by atoms with E-state index in [9.17, 15) is 14.3 Å². The number of nitrogens with one attached hydrogen (secondary N) is 1. The van der Waals surface area contributed by atoms with Crippen molar-refractivity contribution < 1.29 is 13.9 Å². The summed E-state index contributed by atoms with van der Waals surface area (Å²) in [6.07, 6.45) is 7.57. The quantitative estimate of drug-likeness (QED) is 0.625. The van der Waals surface area contributed by atoms with Crippen LogP contribution in [0.4, 0.5) is 4.39 Å². The third kappa shape index (κ3) is 4.20. The first-order valence-corrected chi connectivity index (χ1v) is 9.80. The van der Waals surface area contributed by atoms with Gasteiger partial charge in [0.2, 0.25) is 11.2 Å².